The lowest BCUT2D eigenvalue weighted by Gasteiger charge is -2.22. The Balaban J connectivity index is 4.96. The molecule has 11 nitrogen and oxygen atoms in total. The molecule has 0 saturated heterocycles. The van der Waals surface area contributed by atoms with E-state index in [-0.39, 0.29) is 12.4 Å². The Morgan fingerprint density at radius 2 is 1.12 bits per heavy atom. The molecule has 0 aromatic rings. The summed E-state index contributed by atoms with van der Waals surface area (Å²) in [5, 5.41) is 4.90. The number of carbonyl (C=O) groups excluding carboxylic acids is 4. The second-order valence-electron chi connectivity index (χ2n) is 13.3. The number of esters is 2. The first-order valence-electron chi connectivity index (χ1n) is 13.9. The van der Waals surface area contributed by atoms with E-state index in [0.29, 0.717) is 24.3 Å². The van der Waals surface area contributed by atoms with Crippen LogP contribution in [0.1, 0.15) is 102 Å². The van der Waals surface area contributed by atoms with Gasteiger partial charge in [0.1, 0.15) is 22.4 Å². The van der Waals surface area contributed by atoms with E-state index in [2.05, 4.69) is 15.6 Å². The third-order valence-electron chi connectivity index (χ3n) is 4.01. The summed E-state index contributed by atoms with van der Waals surface area (Å²) in [5.41, 5.74) is -2.04. The molecular formula is C29H51N3O8S2. The van der Waals surface area contributed by atoms with Crippen LogP contribution in [0.4, 0.5) is 9.59 Å². The van der Waals surface area contributed by atoms with Crippen molar-refractivity contribution in [2.75, 3.05) is 18.1 Å². The first kappa shape index (κ1) is 39.6. The molecule has 13 heteroatoms. The number of alkyl carbamates (subject to hydrolysis) is 2. The maximum absolute atomic E-state index is 12.4. The minimum Gasteiger partial charge on any atom is -0.460 e. The molecule has 0 fully saturated rings. The van der Waals surface area contributed by atoms with Crippen LogP contribution in [-0.2, 0) is 28.5 Å². The van der Waals surface area contributed by atoms with Crippen LogP contribution in [0.5, 0.6) is 0 Å². The lowest BCUT2D eigenvalue weighted by atomic mass is 10.1. The first-order valence-corrected chi connectivity index (χ1v) is 16.4. The quantitative estimate of drug-likeness (QED) is 0.0489. The lowest BCUT2D eigenvalue weighted by molar-refractivity contribution is -0.153. The maximum atomic E-state index is 12.4. The van der Waals surface area contributed by atoms with Crippen molar-refractivity contribution in [1.82, 2.24) is 10.6 Å². The molecular weight excluding hydrogens is 582 g/mol. The molecule has 0 aliphatic carbocycles. The minimum atomic E-state index is -0.749. The van der Waals surface area contributed by atoms with Crippen molar-refractivity contribution in [3.63, 3.8) is 0 Å². The van der Waals surface area contributed by atoms with E-state index in [4.69, 9.17) is 18.9 Å². The van der Waals surface area contributed by atoms with Crippen LogP contribution in [0.2, 0.25) is 0 Å². The number of hydrogen-bond donors (Lipinski definition) is 2. The summed E-state index contributed by atoms with van der Waals surface area (Å²) < 4.78 is 21.3. The number of nitrogens with zero attached hydrogens (tertiary/aromatic N) is 1. The fourth-order valence-corrected chi connectivity index (χ4v) is 4.80. The summed E-state index contributed by atoms with van der Waals surface area (Å²) >= 11 is 0. The van der Waals surface area contributed by atoms with E-state index < -0.39 is 46.5 Å². The van der Waals surface area contributed by atoms with Crippen LogP contribution in [0.3, 0.4) is 0 Å². The number of carbonyl (C=O) groups is 4. The number of rotatable bonds is 11. The summed E-state index contributed by atoms with van der Waals surface area (Å²) in [6, 6.07) is 0. The highest BCUT2D eigenvalue weighted by atomic mass is 33.1. The minimum absolute atomic E-state index is 0.0150. The summed E-state index contributed by atoms with van der Waals surface area (Å²) in [6.45, 7) is 21.4. The zero-order valence-electron chi connectivity index (χ0n) is 27.3. The Morgan fingerprint density at radius 1 is 0.667 bits per heavy atom. The Hall–Kier alpha value is -2.41. The lowest BCUT2D eigenvalue weighted by Crippen LogP contribution is -2.47. The van der Waals surface area contributed by atoms with Crippen LogP contribution < -0.4 is 10.6 Å². The van der Waals surface area contributed by atoms with Gasteiger partial charge in [0.15, 0.2) is 0 Å². The second-order valence-corrected chi connectivity index (χ2v) is 16.0. The smallest absolute Gasteiger partial charge is 0.414 e. The predicted molar refractivity (Wildman–Crippen MR) is 170 cm³/mol. The molecule has 0 aliphatic rings. The van der Waals surface area contributed by atoms with E-state index in [0.717, 1.165) is 12.2 Å². The highest BCUT2D eigenvalue weighted by molar-refractivity contribution is 8.76. The number of aliphatic imine (C=N–C) groups is 1. The summed E-state index contributed by atoms with van der Waals surface area (Å²) in [4.78, 5) is 53.4. The number of hydrogen-bond acceptors (Lipinski definition) is 11. The van der Waals surface area contributed by atoms with E-state index in [1.807, 2.05) is 0 Å². The molecule has 42 heavy (non-hydrogen) atoms. The van der Waals surface area contributed by atoms with Gasteiger partial charge in [-0.3, -0.25) is 20.4 Å². The highest BCUT2D eigenvalue weighted by Gasteiger charge is 2.22. The summed E-state index contributed by atoms with van der Waals surface area (Å²) in [5.74, 6) is 0.402. The van der Waals surface area contributed by atoms with Gasteiger partial charge in [-0.25, -0.2) is 14.4 Å². The molecule has 2 amide bonds. The maximum Gasteiger partial charge on any atom is 0.414 e. The SMILES string of the molecule is CC(C)(C)OC(=O)/C=C(/CCCSSCCN=C(NC(=O)OC(C)(C)C)NC(=O)OC(C)(C)C)CC(=O)OC(C)(C)C. The van der Waals surface area contributed by atoms with Crippen molar-refractivity contribution in [3.05, 3.63) is 11.6 Å². The zero-order chi connectivity index (χ0) is 32.8. The van der Waals surface area contributed by atoms with Crippen LogP contribution in [0.15, 0.2) is 16.6 Å². The van der Waals surface area contributed by atoms with Gasteiger partial charge in [0.05, 0.1) is 13.0 Å². The van der Waals surface area contributed by atoms with Crippen LogP contribution in [0.25, 0.3) is 0 Å². The molecule has 0 atom stereocenters. The van der Waals surface area contributed by atoms with Crippen LogP contribution >= 0.6 is 21.6 Å². The Morgan fingerprint density at radius 3 is 1.57 bits per heavy atom. The number of amides is 2. The highest BCUT2D eigenvalue weighted by Crippen LogP contribution is 2.24. The second kappa shape index (κ2) is 17.6. The number of ether oxygens (including phenoxy) is 4. The van der Waals surface area contributed by atoms with Gasteiger partial charge < -0.3 is 18.9 Å². The van der Waals surface area contributed by atoms with Crippen molar-refractivity contribution in [2.24, 2.45) is 4.99 Å². The van der Waals surface area contributed by atoms with E-state index in [1.165, 1.54) is 6.08 Å². The predicted octanol–water partition coefficient (Wildman–Crippen LogP) is 6.55. The average molecular weight is 634 g/mol. The molecule has 0 aliphatic heterocycles. The average Bonchev–Trinajstić information content (AvgIpc) is 2.69. The Bertz CT molecular complexity index is 937. The van der Waals surface area contributed by atoms with Gasteiger partial charge in [0.2, 0.25) is 5.96 Å². The van der Waals surface area contributed by atoms with Gasteiger partial charge in [-0.2, -0.15) is 0 Å². The molecule has 2 N–H and O–H groups in total. The third kappa shape index (κ3) is 25.3. The van der Waals surface area contributed by atoms with Crippen LogP contribution in [0, 0.1) is 0 Å². The van der Waals surface area contributed by atoms with Crippen molar-refractivity contribution in [2.45, 2.75) is 125 Å². The normalized spacial score (nSPS) is 12.6. The summed E-state index contributed by atoms with van der Waals surface area (Å²) in [6.07, 6.45) is 1.17. The molecule has 242 valence electrons. The Labute approximate surface area is 259 Å². The van der Waals surface area contributed by atoms with Crippen LogP contribution in [-0.4, -0.2) is 70.5 Å². The van der Waals surface area contributed by atoms with E-state index >= 15 is 0 Å². The first-order chi connectivity index (χ1) is 18.9. The topological polar surface area (TPSA) is 142 Å². The fourth-order valence-electron chi connectivity index (χ4n) is 2.85. The van der Waals surface area contributed by atoms with Gasteiger partial charge in [0, 0.05) is 17.6 Å². The molecule has 0 spiro atoms. The van der Waals surface area contributed by atoms with Gasteiger partial charge in [-0.05, 0) is 95.9 Å². The van der Waals surface area contributed by atoms with Gasteiger partial charge >= 0.3 is 24.1 Å². The third-order valence-corrected chi connectivity index (χ3v) is 6.48. The molecule has 0 radical (unpaired) electrons. The van der Waals surface area contributed by atoms with E-state index in [9.17, 15) is 19.2 Å². The monoisotopic (exact) mass is 633 g/mol. The number of guanidine groups is 1. The molecule has 0 heterocycles. The molecule has 0 saturated carbocycles. The Kier molecular flexibility index (Phi) is 16.6. The summed E-state index contributed by atoms with van der Waals surface area (Å²) in [7, 11) is 3.18. The molecule has 0 bridgehead atoms. The van der Waals surface area contributed by atoms with Crippen molar-refractivity contribution in [3.8, 4) is 0 Å². The van der Waals surface area contributed by atoms with Crippen molar-refractivity contribution in [1.29, 1.82) is 0 Å². The van der Waals surface area contributed by atoms with Gasteiger partial charge in [-0.15, -0.1) is 0 Å². The number of nitrogens with one attached hydrogen (secondary N) is 2. The molecule has 0 unspecified atom stereocenters. The molecule has 0 aromatic carbocycles. The van der Waals surface area contributed by atoms with Crippen molar-refractivity contribution >= 4 is 51.7 Å². The standard InChI is InChI=1S/C29H51N3O8S2/c1-26(2,3)37-21(33)18-20(19-22(34)38-27(4,5)6)14-13-16-41-42-17-15-30-23(31-24(35)39-28(7,8)9)32-25(36)40-29(10,11)12/h18H,13-17,19H2,1-12H3,(H2,30,31,32,35,36)/b20-18-. The molecule has 0 rings (SSSR count). The van der Waals surface area contributed by atoms with E-state index in [1.54, 1.807) is 105 Å². The molecule has 0 aromatic heterocycles. The fraction of sp³-hybridized carbons (Fsp3) is 0.759. The largest absolute Gasteiger partial charge is 0.460 e. The zero-order valence-corrected chi connectivity index (χ0v) is 29.0. The van der Waals surface area contributed by atoms with Gasteiger partial charge in [0.25, 0.3) is 0 Å². The van der Waals surface area contributed by atoms with Crippen molar-refractivity contribution < 1.29 is 38.1 Å². The van der Waals surface area contributed by atoms with Gasteiger partial charge in [-0.1, -0.05) is 27.2 Å².